The number of benzene rings is 2. The third kappa shape index (κ3) is 4.80. The Morgan fingerprint density at radius 1 is 1.09 bits per heavy atom. The molecule has 0 saturated carbocycles. The number of hydrogen-bond acceptors (Lipinski definition) is 4. The fourth-order valence-electron chi connectivity index (χ4n) is 1.85. The quantitative estimate of drug-likeness (QED) is 0.748. The van der Waals surface area contributed by atoms with E-state index in [1.54, 1.807) is 37.3 Å². The second-order valence-corrected chi connectivity index (χ2v) is 6.74. The molecular formula is C16H18N2O4S. The standard InChI is InChI=1S/C16H18N2O4S/c1-12(19)11-17-16(20)13-7-9-15(10-8-13)23(21,22)18-14-5-3-2-4-6-14/h2-10,12,18-19H,11H2,1H3,(H,17,20). The number of amides is 1. The van der Waals surface area contributed by atoms with Gasteiger partial charge in [0.2, 0.25) is 0 Å². The highest BCUT2D eigenvalue weighted by Crippen LogP contribution is 2.16. The Morgan fingerprint density at radius 3 is 2.26 bits per heavy atom. The maximum absolute atomic E-state index is 12.3. The van der Waals surface area contributed by atoms with Crippen molar-refractivity contribution in [1.82, 2.24) is 5.32 Å². The fourth-order valence-corrected chi connectivity index (χ4v) is 2.91. The van der Waals surface area contributed by atoms with Crippen LogP contribution >= 0.6 is 0 Å². The highest BCUT2D eigenvalue weighted by molar-refractivity contribution is 7.92. The maximum Gasteiger partial charge on any atom is 0.261 e. The Hall–Kier alpha value is -2.38. The SMILES string of the molecule is CC(O)CNC(=O)c1ccc(S(=O)(=O)Nc2ccccc2)cc1. The maximum atomic E-state index is 12.3. The summed E-state index contributed by atoms with van der Waals surface area (Å²) in [7, 11) is -3.70. The topological polar surface area (TPSA) is 95.5 Å². The molecule has 0 aromatic heterocycles. The second-order valence-electron chi connectivity index (χ2n) is 5.05. The van der Waals surface area contributed by atoms with Crippen molar-refractivity contribution >= 4 is 21.6 Å². The Labute approximate surface area is 135 Å². The van der Waals surface area contributed by atoms with E-state index in [9.17, 15) is 13.2 Å². The fraction of sp³-hybridized carbons (Fsp3) is 0.188. The number of hydrogen-bond donors (Lipinski definition) is 3. The Morgan fingerprint density at radius 2 is 1.70 bits per heavy atom. The molecule has 0 saturated heterocycles. The number of carbonyl (C=O) groups is 1. The minimum atomic E-state index is -3.70. The van der Waals surface area contributed by atoms with Crippen molar-refractivity contribution in [3.05, 3.63) is 60.2 Å². The lowest BCUT2D eigenvalue weighted by Crippen LogP contribution is -2.30. The summed E-state index contributed by atoms with van der Waals surface area (Å²) in [5.74, 6) is -0.370. The molecule has 0 aliphatic rings. The van der Waals surface area contributed by atoms with Crippen LogP contribution in [-0.4, -0.2) is 32.1 Å². The highest BCUT2D eigenvalue weighted by atomic mass is 32.2. The Kier molecular flexibility index (Phi) is 5.36. The molecule has 0 aliphatic heterocycles. The molecule has 2 aromatic carbocycles. The molecule has 0 spiro atoms. The summed E-state index contributed by atoms with van der Waals surface area (Å²) >= 11 is 0. The zero-order chi connectivity index (χ0) is 16.9. The number of carbonyl (C=O) groups excluding carboxylic acids is 1. The van der Waals surface area contributed by atoms with E-state index in [1.807, 2.05) is 0 Å². The summed E-state index contributed by atoms with van der Waals surface area (Å²) in [6, 6.07) is 14.1. The molecule has 0 fully saturated rings. The third-order valence-electron chi connectivity index (χ3n) is 3.01. The number of sulfonamides is 1. The van der Waals surface area contributed by atoms with Crippen LogP contribution in [-0.2, 0) is 10.0 Å². The molecule has 122 valence electrons. The van der Waals surface area contributed by atoms with Gasteiger partial charge < -0.3 is 10.4 Å². The molecule has 6 nitrogen and oxygen atoms in total. The monoisotopic (exact) mass is 334 g/mol. The predicted molar refractivity (Wildman–Crippen MR) is 87.7 cm³/mol. The van der Waals surface area contributed by atoms with Crippen molar-refractivity contribution in [2.45, 2.75) is 17.9 Å². The van der Waals surface area contributed by atoms with Crippen molar-refractivity contribution in [3.63, 3.8) is 0 Å². The van der Waals surface area contributed by atoms with E-state index in [-0.39, 0.29) is 17.3 Å². The van der Waals surface area contributed by atoms with Gasteiger partial charge in [-0.2, -0.15) is 0 Å². The minimum absolute atomic E-state index is 0.0634. The summed E-state index contributed by atoms with van der Waals surface area (Å²) in [6.07, 6.45) is -0.645. The largest absolute Gasteiger partial charge is 0.392 e. The Balaban J connectivity index is 2.11. The number of anilines is 1. The van der Waals surface area contributed by atoms with E-state index in [1.165, 1.54) is 24.3 Å². The smallest absolute Gasteiger partial charge is 0.261 e. The first-order valence-corrected chi connectivity index (χ1v) is 8.51. The van der Waals surface area contributed by atoms with Crippen LogP contribution in [0.5, 0.6) is 0 Å². The van der Waals surface area contributed by atoms with Gasteiger partial charge in [0.15, 0.2) is 0 Å². The molecule has 23 heavy (non-hydrogen) atoms. The number of nitrogens with one attached hydrogen (secondary N) is 2. The molecule has 0 bridgehead atoms. The van der Waals surface area contributed by atoms with Gasteiger partial charge in [-0.25, -0.2) is 8.42 Å². The van der Waals surface area contributed by atoms with Crippen LogP contribution in [0.15, 0.2) is 59.5 Å². The lowest BCUT2D eigenvalue weighted by molar-refractivity contribution is 0.0924. The van der Waals surface area contributed by atoms with Gasteiger partial charge in [0, 0.05) is 17.8 Å². The van der Waals surface area contributed by atoms with Gasteiger partial charge in [0.05, 0.1) is 11.0 Å². The van der Waals surface area contributed by atoms with Crippen LogP contribution < -0.4 is 10.0 Å². The van der Waals surface area contributed by atoms with E-state index in [0.717, 1.165) is 0 Å². The number of rotatable bonds is 6. The van der Waals surface area contributed by atoms with E-state index in [4.69, 9.17) is 5.11 Å². The van der Waals surface area contributed by atoms with E-state index < -0.39 is 16.1 Å². The van der Waals surface area contributed by atoms with Crippen molar-refractivity contribution in [2.24, 2.45) is 0 Å². The highest BCUT2D eigenvalue weighted by Gasteiger charge is 2.15. The zero-order valence-corrected chi connectivity index (χ0v) is 13.4. The van der Waals surface area contributed by atoms with Gasteiger partial charge in [-0.3, -0.25) is 9.52 Å². The van der Waals surface area contributed by atoms with Crippen molar-refractivity contribution in [2.75, 3.05) is 11.3 Å². The summed E-state index contributed by atoms with van der Waals surface area (Å²) in [5, 5.41) is 11.7. The molecule has 0 radical (unpaired) electrons. The van der Waals surface area contributed by atoms with Crippen LogP contribution in [0, 0.1) is 0 Å². The molecule has 0 heterocycles. The first-order valence-electron chi connectivity index (χ1n) is 7.03. The molecule has 1 unspecified atom stereocenters. The van der Waals surface area contributed by atoms with Crippen LogP contribution in [0.2, 0.25) is 0 Å². The molecule has 7 heteroatoms. The second kappa shape index (κ2) is 7.26. The van der Waals surface area contributed by atoms with Gasteiger partial charge in [-0.05, 0) is 43.3 Å². The average molecular weight is 334 g/mol. The summed E-state index contributed by atoms with van der Waals surface area (Å²) in [6.45, 7) is 1.69. The molecule has 2 aromatic rings. The average Bonchev–Trinajstić information content (AvgIpc) is 2.53. The lowest BCUT2D eigenvalue weighted by atomic mass is 10.2. The number of aliphatic hydroxyl groups is 1. The van der Waals surface area contributed by atoms with E-state index in [0.29, 0.717) is 11.3 Å². The van der Waals surface area contributed by atoms with Crippen molar-refractivity contribution in [3.8, 4) is 0 Å². The van der Waals surface area contributed by atoms with Crippen molar-refractivity contribution < 1.29 is 18.3 Å². The molecule has 3 N–H and O–H groups in total. The molecule has 2 rings (SSSR count). The van der Waals surface area contributed by atoms with E-state index in [2.05, 4.69) is 10.0 Å². The summed E-state index contributed by atoms with van der Waals surface area (Å²) < 4.78 is 27.0. The molecule has 1 atom stereocenters. The third-order valence-corrected chi connectivity index (χ3v) is 4.41. The first kappa shape index (κ1) is 17.0. The Bertz CT molecular complexity index is 756. The van der Waals surface area contributed by atoms with Gasteiger partial charge >= 0.3 is 0 Å². The summed E-state index contributed by atoms with van der Waals surface area (Å²) in [5.41, 5.74) is 0.788. The predicted octanol–water partition coefficient (Wildman–Crippen LogP) is 1.60. The molecule has 0 aliphatic carbocycles. The van der Waals surface area contributed by atoms with Crippen LogP contribution in [0.4, 0.5) is 5.69 Å². The van der Waals surface area contributed by atoms with E-state index >= 15 is 0 Å². The lowest BCUT2D eigenvalue weighted by Gasteiger charge is -2.09. The minimum Gasteiger partial charge on any atom is -0.392 e. The number of para-hydroxylation sites is 1. The van der Waals surface area contributed by atoms with Gasteiger partial charge in [-0.1, -0.05) is 18.2 Å². The number of aliphatic hydroxyl groups excluding tert-OH is 1. The zero-order valence-electron chi connectivity index (χ0n) is 12.6. The van der Waals surface area contributed by atoms with Crippen molar-refractivity contribution in [1.29, 1.82) is 0 Å². The van der Waals surface area contributed by atoms with Crippen LogP contribution in [0.25, 0.3) is 0 Å². The molecular weight excluding hydrogens is 316 g/mol. The van der Waals surface area contributed by atoms with Gasteiger partial charge in [0.25, 0.3) is 15.9 Å². The molecule has 1 amide bonds. The normalized spacial score (nSPS) is 12.4. The van der Waals surface area contributed by atoms with Crippen LogP contribution in [0.1, 0.15) is 17.3 Å². The first-order chi connectivity index (χ1) is 10.9. The van der Waals surface area contributed by atoms with Crippen LogP contribution in [0.3, 0.4) is 0 Å². The van der Waals surface area contributed by atoms with Gasteiger partial charge in [-0.15, -0.1) is 0 Å². The van der Waals surface area contributed by atoms with Gasteiger partial charge in [0.1, 0.15) is 0 Å². The summed E-state index contributed by atoms with van der Waals surface area (Å²) in [4.78, 5) is 11.9.